The second-order valence-corrected chi connectivity index (χ2v) is 8.53. The third kappa shape index (κ3) is 6.61. The lowest BCUT2D eigenvalue weighted by molar-refractivity contribution is -0.154. The van der Waals surface area contributed by atoms with Crippen molar-refractivity contribution in [3.8, 4) is 0 Å². The number of hydrogen-bond acceptors (Lipinski definition) is 6. The van der Waals surface area contributed by atoms with Gasteiger partial charge in [-0.25, -0.2) is 13.1 Å². The standard InChI is InChI=1S/C18H25N3O6S/c1-11-4-7-15(8-12(11)2)28(25,26)20-9-16(22)19-10-17(23)27-13(3)18(24)21-14-5-6-14/h4,7-8,13-14,20H,5-6,9-10H2,1-3H3,(H,19,22)(H,21,24)/t13-/m1/s1. The van der Waals surface area contributed by atoms with Crippen molar-refractivity contribution in [3.63, 3.8) is 0 Å². The minimum Gasteiger partial charge on any atom is -0.451 e. The molecule has 0 aliphatic heterocycles. The number of aryl methyl sites for hydroxylation is 2. The summed E-state index contributed by atoms with van der Waals surface area (Å²) in [7, 11) is -3.85. The first-order chi connectivity index (χ1) is 13.1. The van der Waals surface area contributed by atoms with Gasteiger partial charge in [-0.15, -0.1) is 0 Å². The summed E-state index contributed by atoms with van der Waals surface area (Å²) in [6, 6.07) is 4.80. The number of carbonyl (C=O) groups excluding carboxylic acids is 3. The molecule has 154 valence electrons. The summed E-state index contributed by atoms with van der Waals surface area (Å²) in [5.41, 5.74) is 1.77. The number of hydrogen-bond donors (Lipinski definition) is 3. The Labute approximate surface area is 164 Å². The molecule has 1 aliphatic carbocycles. The smallest absolute Gasteiger partial charge is 0.326 e. The van der Waals surface area contributed by atoms with Gasteiger partial charge in [0.25, 0.3) is 5.91 Å². The highest BCUT2D eigenvalue weighted by atomic mass is 32.2. The second-order valence-electron chi connectivity index (χ2n) is 6.76. The summed E-state index contributed by atoms with van der Waals surface area (Å²) in [6.07, 6.45) is 0.870. The van der Waals surface area contributed by atoms with Crippen LogP contribution in [0.25, 0.3) is 0 Å². The highest BCUT2D eigenvalue weighted by Gasteiger charge is 2.27. The molecule has 2 amide bonds. The molecule has 0 aromatic heterocycles. The largest absolute Gasteiger partial charge is 0.451 e. The molecule has 10 heteroatoms. The minimum atomic E-state index is -3.85. The van der Waals surface area contributed by atoms with E-state index in [-0.39, 0.29) is 16.8 Å². The quantitative estimate of drug-likeness (QED) is 0.487. The number of benzene rings is 1. The van der Waals surface area contributed by atoms with Crippen LogP contribution in [-0.2, 0) is 29.1 Å². The van der Waals surface area contributed by atoms with E-state index in [1.807, 2.05) is 6.92 Å². The Bertz CT molecular complexity index is 864. The molecule has 0 unspecified atom stereocenters. The molecule has 1 fully saturated rings. The SMILES string of the molecule is Cc1ccc(S(=O)(=O)NCC(=O)NCC(=O)O[C@H](C)C(=O)NC2CC2)cc1C. The van der Waals surface area contributed by atoms with E-state index >= 15 is 0 Å². The lowest BCUT2D eigenvalue weighted by atomic mass is 10.1. The molecule has 0 saturated heterocycles. The number of carbonyl (C=O) groups is 3. The Balaban J connectivity index is 1.74. The number of amides is 2. The van der Waals surface area contributed by atoms with Gasteiger partial charge in [0, 0.05) is 6.04 Å². The molecule has 1 saturated carbocycles. The van der Waals surface area contributed by atoms with Gasteiger partial charge in [-0.05, 0) is 56.9 Å². The van der Waals surface area contributed by atoms with Crippen molar-refractivity contribution < 1.29 is 27.5 Å². The summed E-state index contributed by atoms with van der Waals surface area (Å²) in [5.74, 6) is -1.87. The maximum absolute atomic E-state index is 12.2. The lowest BCUT2D eigenvalue weighted by Gasteiger charge is -2.13. The molecule has 1 atom stereocenters. The highest BCUT2D eigenvalue weighted by molar-refractivity contribution is 7.89. The Morgan fingerprint density at radius 2 is 1.82 bits per heavy atom. The Kier molecular flexibility index (Phi) is 7.14. The van der Waals surface area contributed by atoms with Crippen LogP contribution in [0.2, 0.25) is 0 Å². The van der Waals surface area contributed by atoms with Crippen molar-refractivity contribution in [3.05, 3.63) is 29.3 Å². The first kappa shape index (κ1) is 21.8. The predicted molar refractivity (Wildman–Crippen MR) is 101 cm³/mol. The predicted octanol–water partition coefficient (Wildman–Crippen LogP) is -0.0918. The third-order valence-electron chi connectivity index (χ3n) is 4.24. The molecule has 3 N–H and O–H groups in total. The number of nitrogens with one attached hydrogen (secondary N) is 3. The molecule has 0 bridgehead atoms. The van der Waals surface area contributed by atoms with E-state index in [0.717, 1.165) is 24.0 Å². The van der Waals surface area contributed by atoms with Gasteiger partial charge in [-0.3, -0.25) is 14.4 Å². The molecular formula is C18H25N3O6S. The number of sulfonamides is 1. The maximum Gasteiger partial charge on any atom is 0.326 e. The Morgan fingerprint density at radius 3 is 2.43 bits per heavy atom. The van der Waals surface area contributed by atoms with Gasteiger partial charge in [-0.1, -0.05) is 6.07 Å². The molecule has 0 radical (unpaired) electrons. The summed E-state index contributed by atoms with van der Waals surface area (Å²) >= 11 is 0. The van der Waals surface area contributed by atoms with Crippen molar-refractivity contribution in [2.45, 2.75) is 50.7 Å². The molecule has 9 nitrogen and oxygen atoms in total. The molecule has 1 aromatic carbocycles. The van der Waals surface area contributed by atoms with Gasteiger partial charge in [0.2, 0.25) is 15.9 Å². The molecule has 1 aliphatic rings. The van der Waals surface area contributed by atoms with E-state index in [4.69, 9.17) is 4.74 Å². The van der Waals surface area contributed by atoms with Crippen LogP contribution < -0.4 is 15.4 Å². The van der Waals surface area contributed by atoms with Gasteiger partial charge < -0.3 is 15.4 Å². The Morgan fingerprint density at radius 1 is 1.14 bits per heavy atom. The zero-order valence-electron chi connectivity index (χ0n) is 16.1. The van der Waals surface area contributed by atoms with E-state index in [2.05, 4.69) is 15.4 Å². The monoisotopic (exact) mass is 411 g/mol. The highest BCUT2D eigenvalue weighted by Crippen LogP contribution is 2.18. The fourth-order valence-corrected chi connectivity index (χ4v) is 3.26. The average molecular weight is 411 g/mol. The van der Waals surface area contributed by atoms with E-state index in [1.54, 1.807) is 13.0 Å². The molecular weight excluding hydrogens is 386 g/mol. The molecule has 2 rings (SSSR count). The fourth-order valence-electron chi connectivity index (χ4n) is 2.20. The van der Waals surface area contributed by atoms with Crippen LogP contribution in [-0.4, -0.2) is 51.4 Å². The van der Waals surface area contributed by atoms with E-state index in [1.165, 1.54) is 19.1 Å². The van der Waals surface area contributed by atoms with Crippen LogP contribution in [0, 0.1) is 13.8 Å². The van der Waals surface area contributed by atoms with Crippen LogP contribution in [0.3, 0.4) is 0 Å². The normalized spacial score (nSPS) is 14.8. The number of rotatable bonds is 9. The summed E-state index contributed by atoms with van der Waals surface area (Å²) < 4.78 is 31.6. The lowest BCUT2D eigenvalue weighted by Crippen LogP contribution is -2.42. The zero-order valence-corrected chi connectivity index (χ0v) is 16.9. The summed E-state index contributed by atoms with van der Waals surface area (Å²) in [6.45, 7) is 4.10. The van der Waals surface area contributed by atoms with Crippen molar-refractivity contribution in [1.82, 2.24) is 15.4 Å². The van der Waals surface area contributed by atoms with E-state index in [9.17, 15) is 22.8 Å². The molecule has 0 heterocycles. The van der Waals surface area contributed by atoms with Crippen LogP contribution in [0.1, 0.15) is 30.9 Å². The summed E-state index contributed by atoms with van der Waals surface area (Å²) in [5, 5.41) is 4.96. The first-order valence-corrected chi connectivity index (χ1v) is 10.4. The second kappa shape index (κ2) is 9.16. The van der Waals surface area contributed by atoms with Crippen LogP contribution in [0.15, 0.2) is 23.1 Å². The maximum atomic E-state index is 12.2. The third-order valence-corrected chi connectivity index (χ3v) is 5.64. The van der Waals surface area contributed by atoms with Gasteiger partial charge in [0.1, 0.15) is 6.54 Å². The van der Waals surface area contributed by atoms with Crippen molar-refractivity contribution in [2.75, 3.05) is 13.1 Å². The fraction of sp³-hybridized carbons (Fsp3) is 0.500. The average Bonchev–Trinajstić information content (AvgIpc) is 3.44. The molecule has 28 heavy (non-hydrogen) atoms. The van der Waals surface area contributed by atoms with Gasteiger partial charge in [0.15, 0.2) is 6.10 Å². The first-order valence-electron chi connectivity index (χ1n) is 8.92. The van der Waals surface area contributed by atoms with Crippen LogP contribution in [0.4, 0.5) is 0 Å². The van der Waals surface area contributed by atoms with Gasteiger partial charge in [-0.2, -0.15) is 0 Å². The van der Waals surface area contributed by atoms with Crippen LogP contribution >= 0.6 is 0 Å². The molecule has 1 aromatic rings. The Hall–Kier alpha value is -2.46. The van der Waals surface area contributed by atoms with Crippen molar-refractivity contribution in [2.24, 2.45) is 0 Å². The van der Waals surface area contributed by atoms with Crippen molar-refractivity contribution >= 4 is 27.8 Å². The summed E-state index contributed by atoms with van der Waals surface area (Å²) in [4.78, 5) is 35.3. The molecule has 0 spiro atoms. The topological polar surface area (TPSA) is 131 Å². The van der Waals surface area contributed by atoms with Gasteiger partial charge in [0.05, 0.1) is 11.4 Å². The van der Waals surface area contributed by atoms with Crippen molar-refractivity contribution in [1.29, 1.82) is 0 Å². The minimum absolute atomic E-state index is 0.0540. The number of ether oxygens (including phenoxy) is 1. The van der Waals surface area contributed by atoms with E-state index < -0.39 is 41.1 Å². The number of esters is 1. The van der Waals surface area contributed by atoms with E-state index in [0.29, 0.717) is 0 Å². The zero-order chi connectivity index (χ0) is 20.9. The van der Waals surface area contributed by atoms with Gasteiger partial charge >= 0.3 is 5.97 Å². The van der Waals surface area contributed by atoms with Crippen LogP contribution in [0.5, 0.6) is 0 Å².